The molecule has 1 heterocycles. The summed E-state index contributed by atoms with van der Waals surface area (Å²) in [7, 11) is 3.37. The molecule has 0 amide bonds. The lowest BCUT2D eigenvalue weighted by molar-refractivity contribution is -0.150. The van der Waals surface area contributed by atoms with Crippen molar-refractivity contribution in [2.75, 3.05) is 40.4 Å². The maximum Gasteiger partial charge on any atom is 0.326 e. The van der Waals surface area contributed by atoms with E-state index in [1.807, 2.05) is 7.05 Å². The Bertz CT molecular complexity index is 337. The van der Waals surface area contributed by atoms with Crippen LogP contribution in [0.15, 0.2) is 0 Å². The van der Waals surface area contributed by atoms with Crippen LogP contribution in [-0.4, -0.2) is 62.9 Å². The highest BCUT2D eigenvalue weighted by molar-refractivity contribution is 5.81. The second kappa shape index (κ2) is 6.87. The Balaban J connectivity index is 1.92. The third kappa shape index (κ3) is 3.15. The lowest BCUT2D eigenvalue weighted by atomic mass is 9.84. The molecule has 2 rings (SSSR count). The SMILES string of the molecule is CNC1(C(=O)OC)CCCC1CCN1CCOC(C)C1. The summed E-state index contributed by atoms with van der Waals surface area (Å²) in [6.07, 6.45) is 4.46. The second-order valence-corrected chi connectivity index (χ2v) is 6.07. The van der Waals surface area contributed by atoms with Crippen LogP contribution >= 0.6 is 0 Å². The van der Waals surface area contributed by atoms with Gasteiger partial charge in [-0.15, -0.1) is 0 Å². The number of morpholine rings is 1. The van der Waals surface area contributed by atoms with E-state index in [2.05, 4.69) is 17.1 Å². The largest absolute Gasteiger partial charge is 0.468 e. The van der Waals surface area contributed by atoms with Crippen molar-refractivity contribution in [2.45, 2.75) is 44.2 Å². The number of hydrogen-bond acceptors (Lipinski definition) is 5. The summed E-state index contributed by atoms with van der Waals surface area (Å²) >= 11 is 0. The zero-order valence-electron chi connectivity index (χ0n) is 13.0. The number of nitrogens with zero attached hydrogens (tertiary/aromatic N) is 1. The predicted octanol–water partition coefficient (Wildman–Crippen LogP) is 1.03. The van der Waals surface area contributed by atoms with Crippen molar-refractivity contribution in [3.8, 4) is 0 Å². The fourth-order valence-electron chi connectivity index (χ4n) is 3.78. The Morgan fingerprint density at radius 3 is 3.00 bits per heavy atom. The van der Waals surface area contributed by atoms with Gasteiger partial charge >= 0.3 is 5.97 Å². The molecule has 20 heavy (non-hydrogen) atoms. The van der Waals surface area contributed by atoms with Gasteiger partial charge in [0.1, 0.15) is 5.54 Å². The number of hydrogen-bond donors (Lipinski definition) is 1. The highest BCUT2D eigenvalue weighted by atomic mass is 16.5. The number of nitrogens with one attached hydrogen (secondary N) is 1. The second-order valence-electron chi connectivity index (χ2n) is 6.07. The first-order chi connectivity index (χ1) is 9.62. The standard InChI is InChI=1S/C15H28N2O3/c1-12-11-17(9-10-20-12)8-6-13-5-4-7-15(13,16-2)14(18)19-3/h12-13,16H,4-11H2,1-3H3. The zero-order chi connectivity index (χ0) is 14.6. The molecular weight excluding hydrogens is 256 g/mol. The highest BCUT2D eigenvalue weighted by Crippen LogP contribution is 2.38. The minimum Gasteiger partial charge on any atom is -0.468 e. The van der Waals surface area contributed by atoms with Crippen LogP contribution in [0.25, 0.3) is 0 Å². The summed E-state index contributed by atoms with van der Waals surface area (Å²) in [5.74, 6) is 0.274. The van der Waals surface area contributed by atoms with Gasteiger partial charge in [-0.2, -0.15) is 0 Å². The van der Waals surface area contributed by atoms with Crippen molar-refractivity contribution in [1.29, 1.82) is 0 Å². The van der Waals surface area contributed by atoms with Gasteiger partial charge in [-0.25, -0.2) is 0 Å². The topological polar surface area (TPSA) is 50.8 Å². The Labute approximate surface area is 122 Å². The van der Waals surface area contributed by atoms with Gasteiger partial charge in [0, 0.05) is 13.1 Å². The average Bonchev–Trinajstić information content (AvgIpc) is 2.88. The molecule has 0 radical (unpaired) electrons. The molecule has 0 aromatic rings. The summed E-state index contributed by atoms with van der Waals surface area (Å²) in [6, 6.07) is 0. The Kier molecular flexibility index (Phi) is 5.41. The molecular formula is C15H28N2O3. The summed E-state index contributed by atoms with van der Waals surface area (Å²) in [4.78, 5) is 14.6. The van der Waals surface area contributed by atoms with Crippen LogP contribution in [0.5, 0.6) is 0 Å². The van der Waals surface area contributed by atoms with Gasteiger partial charge < -0.3 is 14.8 Å². The molecule has 1 saturated carbocycles. The number of carbonyl (C=O) groups is 1. The Hall–Kier alpha value is -0.650. The van der Waals surface area contributed by atoms with Gasteiger partial charge in [-0.1, -0.05) is 6.42 Å². The number of rotatable bonds is 5. The molecule has 0 bridgehead atoms. The molecule has 3 atom stereocenters. The normalized spacial score (nSPS) is 35.1. The number of carbonyl (C=O) groups excluding carboxylic acids is 1. The minimum atomic E-state index is -0.466. The molecule has 1 N–H and O–H groups in total. The molecule has 1 saturated heterocycles. The van der Waals surface area contributed by atoms with Crippen LogP contribution in [0.1, 0.15) is 32.6 Å². The summed E-state index contributed by atoms with van der Waals surface area (Å²) in [6.45, 7) is 5.98. The van der Waals surface area contributed by atoms with Gasteiger partial charge in [-0.3, -0.25) is 9.69 Å². The molecule has 0 aromatic heterocycles. The minimum absolute atomic E-state index is 0.0992. The van der Waals surface area contributed by atoms with Crippen LogP contribution < -0.4 is 5.32 Å². The van der Waals surface area contributed by atoms with Gasteiger partial charge in [0.2, 0.25) is 0 Å². The third-order valence-electron chi connectivity index (χ3n) is 4.94. The van der Waals surface area contributed by atoms with Crippen molar-refractivity contribution in [3.63, 3.8) is 0 Å². The number of methoxy groups -OCH3 is 1. The van der Waals surface area contributed by atoms with Crippen LogP contribution in [0.3, 0.4) is 0 Å². The van der Waals surface area contributed by atoms with Crippen LogP contribution in [0.2, 0.25) is 0 Å². The van der Waals surface area contributed by atoms with E-state index >= 15 is 0 Å². The van der Waals surface area contributed by atoms with E-state index in [9.17, 15) is 4.79 Å². The highest BCUT2D eigenvalue weighted by Gasteiger charge is 2.48. The van der Waals surface area contributed by atoms with E-state index in [0.29, 0.717) is 12.0 Å². The molecule has 0 spiro atoms. The maximum absolute atomic E-state index is 12.2. The first kappa shape index (κ1) is 15.7. The fraction of sp³-hybridized carbons (Fsp3) is 0.933. The summed E-state index contributed by atoms with van der Waals surface area (Å²) in [5.41, 5.74) is -0.466. The lowest BCUT2D eigenvalue weighted by Crippen LogP contribution is -2.54. The maximum atomic E-state index is 12.2. The molecule has 2 fully saturated rings. The number of ether oxygens (including phenoxy) is 2. The summed E-state index contributed by atoms with van der Waals surface area (Å²) in [5, 5.41) is 3.26. The molecule has 5 heteroatoms. The monoisotopic (exact) mass is 284 g/mol. The first-order valence-corrected chi connectivity index (χ1v) is 7.73. The molecule has 116 valence electrons. The zero-order valence-corrected chi connectivity index (χ0v) is 13.0. The van der Waals surface area contributed by atoms with Crippen LogP contribution in [0, 0.1) is 5.92 Å². The van der Waals surface area contributed by atoms with Crippen LogP contribution in [-0.2, 0) is 14.3 Å². The molecule has 5 nitrogen and oxygen atoms in total. The van der Waals surface area contributed by atoms with Gasteiger partial charge in [-0.05, 0) is 45.7 Å². The van der Waals surface area contributed by atoms with E-state index in [4.69, 9.17) is 9.47 Å². The molecule has 1 aliphatic heterocycles. The average molecular weight is 284 g/mol. The Morgan fingerprint density at radius 2 is 2.35 bits per heavy atom. The van der Waals surface area contributed by atoms with Crippen molar-refractivity contribution in [3.05, 3.63) is 0 Å². The van der Waals surface area contributed by atoms with E-state index < -0.39 is 5.54 Å². The molecule has 1 aliphatic carbocycles. The first-order valence-electron chi connectivity index (χ1n) is 7.73. The van der Waals surface area contributed by atoms with Crippen LogP contribution in [0.4, 0.5) is 0 Å². The third-order valence-corrected chi connectivity index (χ3v) is 4.94. The number of likely N-dealkylation sites (N-methyl/N-ethyl adjacent to an activating group) is 1. The molecule has 0 aromatic carbocycles. The van der Waals surface area contributed by atoms with E-state index in [1.165, 1.54) is 7.11 Å². The predicted molar refractivity (Wildman–Crippen MR) is 77.6 cm³/mol. The lowest BCUT2D eigenvalue weighted by Gasteiger charge is -2.35. The van der Waals surface area contributed by atoms with E-state index in [1.54, 1.807) is 0 Å². The van der Waals surface area contributed by atoms with Gasteiger partial charge in [0.25, 0.3) is 0 Å². The van der Waals surface area contributed by atoms with Gasteiger partial charge in [0.15, 0.2) is 0 Å². The van der Waals surface area contributed by atoms with E-state index in [0.717, 1.165) is 51.9 Å². The van der Waals surface area contributed by atoms with Crippen molar-refractivity contribution >= 4 is 5.97 Å². The quantitative estimate of drug-likeness (QED) is 0.764. The smallest absolute Gasteiger partial charge is 0.326 e. The molecule has 3 unspecified atom stereocenters. The van der Waals surface area contributed by atoms with Crippen molar-refractivity contribution < 1.29 is 14.3 Å². The number of esters is 1. The van der Waals surface area contributed by atoms with Crippen molar-refractivity contribution in [2.24, 2.45) is 5.92 Å². The van der Waals surface area contributed by atoms with Crippen molar-refractivity contribution in [1.82, 2.24) is 10.2 Å². The Morgan fingerprint density at radius 1 is 1.55 bits per heavy atom. The van der Waals surface area contributed by atoms with E-state index in [-0.39, 0.29) is 5.97 Å². The fourth-order valence-corrected chi connectivity index (χ4v) is 3.78. The molecule has 2 aliphatic rings. The summed E-state index contributed by atoms with van der Waals surface area (Å²) < 4.78 is 10.6. The van der Waals surface area contributed by atoms with Gasteiger partial charge in [0.05, 0.1) is 19.8 Å².